The Labute approximate surface area is 187 Å². The van der Waals surface area contributed by atoms with Crippen LogP contribution in [-0.4, -0.2) is 51.8 Å². The maximum Gasteiger partial charge on any atom is 0.373 e. The van der Waals surface area contributed by atoms with Crippen molar-refractivity contribution in [3.8, 4) is 10.6 Å². The predicted molar refractivity (Wildman–Crippen MR) is 116 cm³/mol. The van der Waals surface area contributed by atoms with Crippen LogP contribution in [0.5, 0.6) is 0 Å². The smallest absolute Gasteiger partial charge is 0.373 e. The highest BCUT2D eigenvalue weighted by atomic mass is 32.2. The van der Waals surface area contributed by atoms with Crippen molar-refractivity contribution >= 4 is 44.9 Å². The molecule has 0 amide bonds. The SMILES string of the molecule is CSc1nccc(-c2ccc(S(=O)(=O)N3Cc4ccccc4C[C@@H]3C(=O)C(=O)O)s2)n1. The Balaban J connectivity index is 1.73. The summed E-state index contributed by atoms with van der Waals surface area (Å²) in [5.41, 5.74) is 2.11. The van der Waals surface area contributed by atoms with Gasteiger partial charge in [0.05, 0.1) is 16.6 Å². The van der Waals surface area contributed by atoms with Crippen LogP contribution in [0.2, 0.25) is 0 Å². The second kappa shape index (κ2) is 8.50. The first-order chi connectivity index (χ1) is 14.8. The first-order valence-electron chi connectivity index (χ1n) is 9.14. The van der Waals surface area contributed by atoms with Gasteiger partial charge in [-0.3, -0.25) is 4.79 Å². The lowest BCUT2D eigenvalue weighted by molar-refractivity contribution is -0.151. The molecule has 1 aliphatic rings. The summed E-state index contributed by atoms with van der Waals surface area (Å²) in [6, 6.07) is 10.6. The summed E-state index contributed by atoms with van der Waals surface area (Å²) < 4.78 is 27.9. The van der Waals surface area contributed by atoms with Crippen LogP contribution in [0.25, 0.3) is 10.6 Å². The van der Waals surface area contributed by atoms with Gasteiger partial charge in [-0.05, 0) is 42.0 Å². The molecule has 3 heterocycles. The molecule has 1 atom stereocenters. The molecule has 1 aromatic carbocycles. The van der Waals surface area contributed by atoms with E-state index >= 15 is 0 Å². The van der Waals surface area contributed by atoms with Crippen LogP contribution in [-0.2, 0) is 32.6 Å². The lowest BCUT2D eigenvalue weighted by atomic mass is 9.94. The highest BCUT2D eigenvalue weighted by Gasteiger charge is 2.42. The largest absolute Gasteiger partial charge is 0.475 e. The van der Waals surface area contributed by atoms with Gasteiger partial charge in [-0.2, -0.15) is 4.31 Å². The van der Waals surface area contributed by atoms with E-state index in [2.05, 4.69) is 9.97 Å². The Morgan fingerprint density at radius 3 is 2.61 bits per heavy atom. The number of carboxylic acids is 1. The van der Waals surface area contributed by atoms with Gasteiger partial charge < -0.3 is 5.11 Å². The van der Waals surface area contributed by atoms with Crippen LogP contribution in [0.1, 0.15) is 11.1 Å². The first-order valence-corrected chi connectivity index (χ1v) is 12.6. The molecule has 11 heteroatoms. The van der Waals surface area contributed by atoms with E-state index in [4.69, 9.17) is 0 Å². The number of hydrogen-bond donors (Lipinski definition) is 1. The van der Waals surface area contributed by atoms with Crippen molar-refractivity contribution in [1.82, 2.24) is 14.3 Å². The Bertz CT molecular complexity index is 1270. The van der Waals surface area contributed by atoms with Gasteiger partial charge in [-0.15, -0.1) is 11.3 Å². The van der Waals surface area contributed by atoms with Gasteiger partial charge in [0.1, 0.15) is 4.21 Å². The molecule has 0 saturated heterocycles. The average Bonchev–Trinajstić information content (AvgIpc) is 3.29. The number of fused-ring (bicyclic) bond motifs is 1. The van der Waals surface area contributed by atoms with Crippen LogP contribution in [0.4, 0.5) is 0 Å². The number of nitrogens with zero attached hydrogens (tertiary/aromatic N) is 3. The number of hydrogen-bond acceptors (Lipinski definition) is 8. The summed E-state index contributed by atoms with van der Waals surface area (Å²) in [7, 11) is -4.12. The first kappa shape index (κ1) is 21.6. The highest BCUT2D eigenvalue weighted by molar-refractivity contribution is 7.98. The minimum atomic E-state index is -4.12. The number of benzene rings is 1. The van der Waals surface area contributed by atoms with Crippen molar-refractivity contribution in [2.75, 3.05) is 6.26 Å². The molecule has 0 radical (unpaired) electrons. The molecule has 3 aromatic rings. The predicted octanol–water partition coefficient (Wildman–Crippen LogP) is 2.70. The number of Topliss-reactive ketones (excluding diaryl/α,β-unsaturated/α-hetero) is 1. The molecule has 0 saturated carbocycles. The lowest BCUT2D eigenvalue weighted by Crippen LogP contribution is -2.50. The maximum absolute atomic E-state index is 13.5. The number of carbonyl (C=O) groups excluding carboxylic acids is 1. The van der Waals surface area contributed by atoms with E-state index in [0.717, 1.165) is 26.8 Å². The van der Waals surface area contributed by atoms with Crippen molar-refractivity contribution in [2.24, 2.45) is 0 Å². The van der Waals surface area contributed by atoms with Crippen LogP contribution in [0.3, 0.4) is 0 Å². The van der Waals surface area contributed by atoms with Crippen LogP contribution in [0.15, 0.2) is 58.0 Å². The zero-order valence-corrected chi connectivity index (χ0v) is 18.7. The van der Waals surface area contributed by atoms with Crippen molar-refractivity contribution in [3.05, 3.63) is 59.8 Å². The van der Waals surface area contributed by atoms with Crippen molar-refractivity contribution in [3.63, 3.8) is 0 Å². The number of ketones is 1. The Hall–Kier alpha value is -2.60. The second-order valence-corrected chi connectivity index (χ2v) is 10.7. The molecule has 0 aliphatic carbocycles. The fourth-order valence-electron chi connectivity index (χ4n) is 3.41. The number of aromatic nitrogens is 2. The van der Waals surface area contributed by atoms with E-state index in [1.165, 1.54) is 17.8 Å². The van der Waals surface area contributed by atoms with Gasteiger partial charge in [0, 0.05) is 12.7 Å². The maximum atomic E-state index is 13.5. The van der Waals surface area contributed by atoms with Crippen molar-refractivity contribution in [2.45, 2.75) is 28.4 Å². The molecule has 0 fully saturated rings. The molecule has 4 rings (SSSR count). The summed E-state index contributed by atoms with van der Waals surface area (Å²) in [6.45, 7) is -0.0699. The summed E-state index contributed by atoms with van der Waals surface area (Å²) in [4.78, 5) is 32.9. The standard InChI is InChI=1S/C20H17N3O5S3/c1-29-20-21-9-8-14(22-20)16-6-7-17(30-16)31(27,28)23-11-13-5-3-2-4-12(13)10-15(23)18(24)19(25)26/h2-9,15H,10-11H2,1H3,(H,25,26)/t15-/m1/s1. The number of thiophene rings is 1. The number of carboxylic acid groups (broad SMARTS) is 1. The van der Waals surface area contributed by atoms with Crippen LogP contribution < -0.4 is 0 Å². The van der Waals surface area contributed by atoms with Gasteiger partial charge in [0.2, 0.25) is 0 Å². The topological polar surface area (TPSA) is 118 Å². The van der Waals surface area contributed by atoms with Gasteiger partial charge >= 0.3 is 5.97 Å². The summed E-state index contributed by atoms with van der Waals surface area (Å²) >= 11 is 2.40. The quantitative estimate of drug-likeness (QED) is 0.329. The Kier molecular flexibility index (Phi) is 5.93. The zero-order valence-electron chi connectivity index (χ0n) is 16.3. The molecular formula is C20H17N3O5S3. The van der Waals surface area contributed by atoms with E-state index in [9.17, 15) is 23.1 Å². The van der Waals surface area contributed by atoms with E-state index in [1.807, 2.05) is 6.26 Å². The fraction of sp³-hybridized carbons (Fsp3) is 0.200. The molecule has 1 aliphatic heterocycles. The van der Waals surface area contributed by atoms with Gasteiger partial charge in [-0.25, -0.2) is 23.2 Å². The molecule has 0 unspecified atom stereocenters. The van der Waals surface area contributed by atoms with E-state index < -0.39 is 27.8 Å². The summed E-state index contributed by atoms with van der Waals surface area (Å²) in [5, 5.41) is 9.82. The molecule has 2 aromatic heterocycles. The molecule has 8 nitrogen and oxygen atoms in total. The average molecular weight is 476 g/mol. The van der Waals surface area contributed by atoms with E-state index in [-0.39, 0.29) is 17.2 Å². The molecule has 0 spiro atoms. The fourth-order valence-corrected chi connectivity index (χ4v) is 6.73. The van der Waals surface area contributed by atoms with Gasteiger partial charge in [0.15, 0.2) is 5.16 Å². The minimum Gasteiger partial charge on any atom is -0.475 e. The lowest BCUT2D eigenvalue weighted by Gasteiger charge is -2.33. The summed E-state index contributed by atoms with van der Waals surface area (Å²) in [5.74, 6) is -2.79. The molecular weight excluding hydrogens is 458 g/mol. The highest BCUT2D eigenvalue weighted by Crippen LogP contribution is 2.35. The third-order valence-corrected chi connectivity index (χ3v) is 8.92. The van der Waals surface area contributed by atoms with Gasteiger partial charge in [-0.1, -0.05) is 36.0 Å². The normalized spacial score (nSPS) is 16.6. The molecule has 0 bridgehead atoms. The van der Waals surface area contributed by atoms with Crippen LogP contribution in [0, 0.1) is 0 Å². The summed E-state index contributed by atoms with van der Waals surface area (Å²) in [6.07, 6.45) is 3.46. The monoisotopic (exact) mass is 475 g/mol. The molecule has 1 N–H and O–H groups in total. The number of thioether (sulfide) groups is 1. The number of carbonyl (C=O) groups is 2. The van der Waals surface area contributed by atoms with Crippen molar-refractivity contribution in [1.29, 1.82) is 0 Å². The second-order valence-electron chi connectivity index (χ2n) is 6.76. The molecule has 160 valence electrons. The number of aliphatic carboxylic acids is 1. The minimum absolute atomic E-state index is 0.0156. The Morgan fingerprint density at radius 2 is 1.90 bits per heavy atom. The van der Waals surface area contributed by atoms with E-state index in [0.29, 0.717) is 15.7 Å². The molecule has 31 heavy (non-hydrogen) atoms. The third-order valence-electron chi connectivity index (χ3n) is 4.93. The van der Waals surface area contributed by atoms with E-state index in [1.54, 1.807) is 42.6 Å². The Morgan fingerprint density at radius 1 is 1.16 bits per heavy atom. The third kappa shape index (κ3) is 4.13. The number of rotatable bonds is 6. The number of sulfonamides is 1. The zero-order chi connectivity index (χ0) is 22.2. The van der Waals surface area contributed by atoms with Crippen LogP contribution >= 0.6 is 23.1 Å². The van der Waals surface area contributed by atoms with Crippen molar-refractivity contribution < 1.29 is 23.1 Å². The van der Waals surface area contributed by atoms with Gasteiger partial charge in [0.25, 0.3) is 15.8 Å².